The molecule has 5 rings (SSSR count). The molecule has 3 aromatic rings. The Hall–Kier alpha value is -2.50. The molecule has 2 aliphatic heterocycles. The minimum atomic E-state index is 0.0567. The Labute approximate surface area is 179 Å². The van der Waals surface area contributed by atoms with Crippen LogP contribution in [-0.4, -0.2) is 26.1 Å². The molecule has 29 heavy (non-hydrogen) atoms. The highest BCUT2D eigenvalue weighted by Gasteiger charge is 2.32. The number of carbonyl (C=O) groups is 1. The highest BCUT2D eigenvalue weighted by Crippen LogP contribution is 2.41. The maximum atomic E-state index is 13.1. The molecule has 1 fully saturated rings. The molecule has 0 N–H and O–H groups in total. The molecule has 0 atom stereocenters. The summed E-state index contributed by atoms with van der Waals surface area (Å²) in [4.78, 5) is 19.2. The smallest absolute Gasteiger partial charge is 0.269 e. The minimum Gasteiger partial charge on any atom is -0.495 e. The Balaban J connectivity index is 1.41. The molecular weight excluding hydrogens is 404 g/mol. The van der Waals surface area contributed by atoms with Crippen molar-refractivity contribution in [2.24, 2.45) is 0 Å². The summed E-state index contributed by atoms with van der Waals surface area (Å²) >= 11 is 7.54. The summed E-state index contributed by atoms with van der Waals surface area (Å²) in [6.45, 7) is 2.71. The number of thiophene rings is 1. The summed E-state index contributed by atoms with van der Waals surface area (Å²) in [5, 5.41) is 0.714. The van der Waals surface area contributed by atoms with Gasteiger partial charge in [-0.15, -0.1) is 11.3 Å². The third-order valence-corrected chi connectivity index (χ3v) is 7.09. The third-order valence-electron chi connectivity index (χ3n) is 5.63. The number of anilines is 2. The SMILES string of the molecule is COc1cc(N2Cc3cc(-c4ccc(Cl)cc4)sc3C2=O)ccc1N1CCCC1. The topological polar surface area (TPSA) is 32.8 Å². The molecular formula is C23H21ClN2O2S. The minimum absolute atomic E-state index is 0.0567. The molecule has 2 aliphatic rings. The van der Waals surface area contributed by atoms with Crippen LogP contribution < -0.4 is 14.5 Å². The second kappa shape index (κ2) is 7.39. The number of benzene rings is 2. The average molecular weight is 425 g/mol. The maximum absolute atomic E-state index is 13.1. The van der Waals surface area contributed by atoms with Crippen molar-refractivity contribution in [1.29, 1.82) is 0 Å². The zero-order valence-corrected chi connectivity index (χ0v) is 17.7. The van der Waals surface area contributed by atoms with Crippen molar-refractivity contribution < 1.29 is 9.53 Å². The first-order valence-corrected chi connectivity index (χ1v) is 11.0. The van der Waals surface area contributed by atoms with E-state index in [9.17, 15) is 4.79 Å². The Morgan fingerprint density at radius 1 is 1.03 bits per heavy atom. The molecule has 0 saturated carbocycles. The quantitative estimate of drug-likeness (QED) is 0.527. The Morgan fingerprint density at radius 3 is 2.48 bits per heavy atom. The standard InChI is InChI=1S/C23H21ClN2O2S/c1-28-20-13-18(8-9-19(20)25-10-2-3-11-25)26-14-16-12-21(29-22(16)23(26)27)15-4-6-17(24)7-5-15/h4-9,12-13H,2-3,10-11,14H2,1H3. The van der Waals surface area contributed by atoms with Gasteiger partial charge in [0.1, 0.15) is 5.75 Å². The van der Waals surface area contributed by atoms with E-state index >= 15 is 0 Å². The predicted molar refractivity (Wildman–Crippen MR) is 120 cm³/mol. The molecule has 0 aliphatic carbocycles. The van der Waals surface area contributed by atoms with Crippen LogP contribution in [0.15, 0.2) is 48.5 Å². The van der Waals surface area contributed by atoms with Gasteiger partial charge in [0.05, 0.1) is 24.2 Å². The van der Waals surface area contributed by atoms with Crippen molar-refractivity contribution in [2.45, 2.75) is 19.4 Å². The number of carbonyl (C=O) groups excluding carboxylic acids is 1. The van der Waals surface area contributed by atoms with Crippen LogP contribution in [0.5, 0.6) is 5.75 Å². The van der Waals surface area contributed by atoms with Crippen molar-refractivity contribution >= 4 is 40.2 Å². The van der Waals surface area contributed by atoms with Crippen LogP contribution >= 0.6 is 22.9 Å². The van der Waals surface area contributed by atoms with E-state index in [2.05, 4.69) is 17.0 Å². The lowest BCUT2D eigenvalue weighted by Gasteiger charge is -2.23. The Morgan fingerprint density at radius 2 is 1.79 bits per heavy atom. The van der Waals surface area contributed by atoms with Gasteiger partial charge < -0.3 is 14.5 Å². The summed E-state index contributed by atoms with van der Waals surface area (Å²) in [6, 6.07) is 16.0. The van der Waals surface area contributed by atoms with Crippen LogP contribution in [0.3, 0.4) is 0 Å². The summed E-state index contributed by atoms with van der Waals surface area (Å²) in [7, 11) is 1.69. The van der Waals surface area contributed by atoms with Gasteiger partial charge >= 0.3 is 0 Å². The summed E-state index contributed by atoms with van der Waals surface area (Å²) < 4.78 is 5.65. The molecule has 0 radical (unpaired) electrons. The number of hydrogen-bond donors (Lipinski definition) is 0. The lowest BCUT2D eigenvalue weighted by molar-refractivity contribution is 0.1000. The fraction of sp³-hybridized carbons (Fsp3) is 0.261. The molecule has 6 heteroatoms. The maximum Gasteiger partial charge on any atom is 0.269 e. The first kappa shape index (κ1) is 18.5. The van der Waals surface area contributed by atoms with Crippen molar-refractivity contribution in [1.82, 2.24) is 0 Å². The molecule has 0 unspecified atom stereocenters. The lowest BCUT2D eigenvalue weighted by Crippen LogP contribution is -2.23. The number of halogens is 1. The van der Waals surface area contributed by atoms with Gasteiger partial charge in [0.2, 0.25) is 0 Å². The lowest BCUT2D eigenvalue weighted by atomic mass is 10.1. The number of methoxy groups -OCH3 is 1. The third kappa shape index (κ3) is 3.28. The monoisotopic (exact) mass is 424 g/mol. The number of fused-ring (bicyclic) bond motifs is 1. The summed E-state index contributed by atoms with van der Waals surface area (Å²) in [6.07, 6.45) is 2.43. The van der Waals surface area contributed by atoms with E-state index in [1.807, 2.05) is 41.3 Å². The molecule has 1 saturated heterocycles. The van der Waals surface area contributed by atoms with E-state index in [4.69, 9.17) is 16.3 Å². The number of ether oxygens (including phenoxy) is 1. The van der Waals surface area contributed by atoms with Crippen LogP contribution in [-0.2, 0) is 6.54 Å². The van der Waals surface area contributed by atoms with E-state index in [-0.39, 0.29) is 5.91 Å². The Bertz CT molecular complexity index is 1070. The van der Waals surface area contributed by atoms with Crippen molar-refractivity contribution in [3.05, 3.63) is 64.0 Å². The molecule has 4 nitrogen and oxygen atoms in total. The van der Waals surface area contributed by atoms with Crippen LogP contribution in [0.4, 0.5) is 11.4 Å². The average Bonchev–Trinajstić information content (AvgIpc) is 3.46. The molecule has 1 amide bonds. The van der Waals surface area contributed by atoms with Gasteiger partial charge in [-0.2, -0.15) is 0 Å². The van der Waals surface area contributed by atoms with Gasteiger partial charge in [0.25, 0.3) is 5.91 Å². The largest absolute Gasteiger partial charge is 0.495 e. The van der Waals surface area contributed by atoms with E-state index in [1.54, 1.807) is 18.4 Å². The van der Waals surface area contributed by atoms with E-state index in [0.717, 1.165) is 51.1 Å². The second-order valence-electron chi connectivity index (χ2n) is 7.41. The van der Waals surface area contributed by atoms with Gasteiger partial charge in [0.15, 0.2) is 0 Å². The molecule has 2 aromatic carbocycles. The molecule has 1 aromatic heterocycles. The number of amides is 1. The van der Waals surface area contributed by atoms with Gasteiger partial charge in [-0.1, -0.05) is 23.7 Å². The molecule has 0 spiro atoms. The Kier molecular flexibility index (Phi) is 4.72. The number of rotatable bonds is 4. The zero-order valence-electron chi connectivity index (χ0n) is 16.2. The molecule has 3 heterocycles. The van der Waals surface area contributed by atoms with E-state index in [1.165, 1.54) is 12.8 Å². The zero-order chi connectivity index (χ0) is 20.0. The number of nitrogens with zero attached hydrogens (tertiary/aromatic N) is 2. The van der Waals surface area contributed by atoms with Crippen molar-refractivity contribution in [3.63, 3.8) is 0 Å². The molecule has 148 valence electrons. The van der Waals surface area contributed by atoms with Crippen molar-refractivity contribution in [3.8, 4) is 16.2 Å². The highest BCUT2D eigenvalue weighted by atomic mass is 35.5. The number of hydrogen-bond acceptors (Lipinski definition) is 4. The van der Waals surface area contributed by atoms with Crippen molar-refractivity contribution in [2.75, 3.05) is 30.0 Å². The fourth-order valence-corrected chi connectivity index (χ4v) is 5.36. The first-order chi connectivity index (χ1) is 14.1. The predicted octanol–water partition coefficient (Wildman–Crippen LogP) is 5.84. The van der Waals surface area contributed by atoms with E-state index < -0.39 is 0 Å². The second-order valence-corrected chi connectivity index (χ2v) is 8.90. The van der Waals surface area contributed by atoms with E-state index in [0.29, 0.717) is 11.6 Å². The van der Waals surface area contributed by atoms with Gasteiger partial charge in [0, 0.05) is 34.7 Å². The van der Waals surface area contributed by atoms with Crippen LogP contribution in [0.2, 0.25) is 5.02 Å². The van der Waals surface area contributed by atoms with Crippen LogP contribution in [0, 0.1) is 0 Å². The molecule has 0 bridgehead atoms. The van der Waals surface area contributed by atoms with Gasteiger partial charge in [-0.3, -0.25) is 4.79 Å². The normalized spacial score (nSPS) is 15.9. The van der Waals surface area contributed by atoms with Gasteiger partial charge in [-0.25, -0.2) is 0 Å². The first-order valence-electron chi connectivity index (χ1n) is 9.77. The van der Waals surface area contributed by atoms with Crippen LogP contribution in [0.1, 0.15) is 28.1 Å². The fourth-order valence-electron chi connectivity index (χ4n) is 4.11. The highest BCUT2D eigenvalue weighted by molar-refractivity contribution is 7.17. The summed E-state index contributed by atoms with van der Waals surface area (Å²) in [5.74, 6) is 0.885. The summed E-state index contributed by atoms with van der Waals surface area (Å²) in [5.41, 5.74) is 4.16. The van der Waals surface area contributed by atoms with Crippen LogP contribution in [0.25, 0.3) is 10.4 Å². The van der Waals surface area contributed by atoms with Gasteiger partial charge in [-0.05, 0) is 54.3 Å².